The Morgan fingerprint density at radius 2 is 2.00 bits per heavy atom. The quantitative estimate of drug-likeness (QED) is 0.792. The minimum absolute atomic E-state index is 0.0184. The van der Waals surface area contributed by atoms with Gasteiger partial charge in [0.15, 0.2) is 0 Å². The molecule has 0 spiro atoms. The number of hydrogen-bond donors (Lipinski definition) is 2. The first-order chi connectivity index (χ1) is 9.67. The highest BCUT2D eigenvalue weighted by molar-refractivity contribution is 6.34. The van der Waals surface area contributed by atoms with Crippen LogP contribution in [0.3, 0.4) is 0 Å². The molecule has 1 rings (SSSR count). The lowest BCUT2D eigenvalue weighted by Gasteiger charge is -2.19. The van der Waals surface area contributed by atoms with Crippen LogP contribution >= 0.6 is 23.2 Å². The Kier molecular flexibility index (Phi) is 7.06. The first kappa shape index (κ1) is 18.4. The topological polar surface area (TPSA) is 41.5 Å². The summed E-state index contributed by atoms with van der Waals surface area (Å²) in [7, 11) is 0. The Labute approximate surface area is 131 Å². The summed E-state index contributed by atoms with van der Waals surface area (Å²) in [5.41, 5.74) is 0. The fraction of sp³-hybridized carbons (Fsp3) is 0.538. The van der Waals surface area contributed by atoms with Crippen molar-refractivity contribution in [1.82, 2.24) is 5.32 Å². The second-order valence-electron chi connectivity index (χ2n) is 4.67. The van der Waals surface area contributed by atoms with E-state index in [4.69, 9.17) is 27.9 Å². The SMILES string of the molecule is CC(CC(F)(F)F)NCC(O)COc1cc(Cl)ccc1Cl. The van der Waals surface area contributed by atoms with E-state index >= 15 is 0 Å². The highest BCUT2D eigenvalue weighted by Gasteiger charge is 2.29. The third-order valence-corrected chi connectivity index (χ3v) is 3.11. The molecule has 0 aliphatic carbocycles. The first-order valence-electron chi connectivity index (χ1n) is 6.23. The summed E-state index contributed by atoms with van der Waals surface area (Å²) in [5.74, 6) is 0.312. The Hall–Kier alpha value is -0.690. The molecule has 8 heteroatoms. The van der Waals surface area contributed by atoms with Gasteiger partial charge in [-0.25, -0.2) is 0 Å². The van der Waals surface area contributed by atoms with Crippen LogP contribution in [-0.4, -0.2) is 36.6 Å². The Morgan fingerprint density at radius 1 is 1.33 bits per heavy atom. The van der Waals surface area contributed by atoms with E-state index in [9.17, 15) is 18.3 Å². The summed E-state index contributed by atoms with van der Waals surface area (Å²) in [4.78, 5) is 0. The van der Waals surface area contributed by atoms with Gasteiger partial charge in [-0.15, -0.1) is 0 Å². The molecule has 21 heavy (non-hydrogen) atoms. The molecular formula is C13H16Cl2F3NO2. The molecular weight excluding hydrogens is 330 g/mol. The number of ether oxygens (including phenoxy) is 1. The van der Waals surface area contributed by atoms with Gasteiger partial charge in [0, 0.05) is 23.7 Å². The molecule has 0 aromatic heterocycles. The van der Waals surface area contributed by atoms with Crippen molar-refractivity contribution in [2.75, 3.05) is 13.2 Å². The van der Waals surface area contributed by atoms with Crippen LogP contribution in [0.1, 0.15) is 13.3 Å². The fourth-order valence-corrected chi connectivity index (χ4v) is 1.92. The van der Waals surface area contributed by atoms with Gasteiger partial charge in [-0.1, -0.05) is 23.2 Å². The van der Waals surface area contributed by atoms with Gasteiger partial charge in [0.05, 0.1) is 11.4 Å². The zero-order valence-corrected chi connectivity index (χ0v) is 12.8. The molecule has 3 nitrogen and oxygen atoms in total. The summed E-state index contributed by atoms with van der Waals surface area (Å²) in [6.07, 6.45) is -6.15. The molecule has 2 N–H and O–H groups in total. The van der Waals surface area contributed by atoms with E-state index < -0.39 is 24.7 Å². The first-order valence-corrected chi connectivity index (χ1v) is 6.99. The van der Waals surface area contributed by atoms with Gasteiger partial charge in [-0.3, -0.25) is 0 Å². The summed E-state index contributed by atoms with van der Waals surface area (Å²) in [5, 5.41) is 13.0. The molecule has 2 atom stereocenters. The molecule has 0 aliphatic heterocycles. The third kappa shape index (κ3) is 7.76. The zero-order valence-electron chi connectivity index (χ0n) is 11.3. The predicted octanol–water partition coefficient (Wildman–Crippen LogP) is 3.66. The number of nitrogens with one attached hydrogen (secondary N) is 1. The van der Waals surface area contributed by atoms with Crippen LogP contribution in [0.15, 0.2) is 18.2 Å². The summed E-state index contributed by atoms with van der Waals surface area (Å²) < 4.78 is 41.7. The van der Waals surface area contributed by atoms with Gasteiger partial charge in [0.2, 0.25) is 0 Å². The molecule has 0 radical (unpaired) electrons. The predicted molar refractivity (Wildman–Crippen MR) is 76.1 cm³/mol. The van der Waals surface area contributed by atoms with Gasteiger partial charge < -0.3 is 15.2 Å². The van der Waals surface area contributed by atoms with E-state index in [1.54, 1.807) is 12.1 Å². The Balaban J connectivity index is 2.34. The lowest BCUT2D eigenvalue weighted by Crippen LogP contribution is -2.38. The zero-order chi connectivity index (χ0) is 16.0. The fourth-order valence-electron chi connectivity index (χ4n) is 1.59. The normalized spacial score (nSPS) is 14.8. The summed E-state index contributed by atoms with van der Waals surface area (Å²) >= 11 is 11.7. The molecule has 120 valence electrons. The van der Waals surface area contributed by atoms with E-state index in [-0.39, 0.29) is 13.2 Å². The molecule has 0 saturated carbocycles. The van der Waals surface area contributed by atoms with E-state index in [1.807, 2.05) is 0 Å². The molecule has 1 aromatic carbocycles. The smallest absolute Gasteiger partial charge is 0.390 e. The number of aliphatic hydroxyl groups excluding tert-OH is 1. The van der Waals surface area contributed by atoms with Crippen molar-refractivity contribution in [1.29, 1.82) is 0 Å². The maximum Gasteiger partial charge on any atom is 0.390 e. The van der Waals surface area contributed by atoms with Crippen molar-refractivity contribution in [3.63, 3.8) is 0 Å². The van der Waals surface area contributed by atoms with E-state index in [1.165, 1.54) is 13.0 Å². The van der Waals surface area contributed by atoms with E-state index in [0.717, 1.165) is 0 Å². The van der Waals surface area contributed by atoms with E-state index in [2.05, 4.69) is 5.32 Å². The van der Waals surface area contributed by atoms with Gasteiger partial charge in [0.25, 0.3) is 0 Å². The lowest BCUT2D eigenvalue weighted by atomic mass is 10.2. The average molecular weight is 346 g/mol. The summed E-state index contributed by atoms with van der Waals surface area (Å²) in [6.45, 7) is 1.27. The maximum atomic E-state index is 12.1. The van der Waals surface area contributed by atoms with Crippen LogP contribution in [0.5, 0.6) is 5.75 Å². The second-order valence-corrected chi connectivity index (χ2v) is 5.51. The number of aliphatic hydroxyl groups is 1. The van der Waals surface area contributed by atoms with Gasteiger partial charge in [0.1, 0.15) is 18.5 Å². The second kappa shape index (κ2) is 8.08. The molecule has 0 bridgehead atoms. The van der Waals surface area contributed by atoms with Crippen LogP contribution in [0.2, 0.25) is 10.0 Å². The highest BCUT2D eigenvalue weighted by atomic mass is 35.5. The standard InChI is InChI=1S/C13H16Cl2F3NO2/c1-8(5-13(16,17)18)19-6-10(20)7-21-12-4-9(14)2-3-11(12)15/h2-4,8,10,19-20H,5-7H2,1H3. The third-order valence-electron chi connectivity index (χ3n) is 2.56. The van der Waals surface area contributed by atoms with Crippen LogP contribution in [0.25, 0.3) is 0 Å². The molecule has 0 heterocycles. The highest BCUT2D eigenvalue weighted by Crippen LogP contribution is 2.27. The number of alkyl halides is 3. The molecule has 0 saturated heterocycles. The van der Waals surface area contributed by atoms with Crippen molar-refractivity contribution < 1.29 is 23.0 Å². The van der Waals surface area contributed by atoms with Crippen LogP contribution in [0.4, 0.5) is 13.2 Å². The number of benzene rings is 1. The molecule has 0 amide bonds. The van der Waals surface area contributed by atoms with E-state index in [0.29, 0.717) is 15.8 Å². The minimum atomic E-state index is -4.23. The molecule has 2 unspecified atom stereocenters. The van der Waals surface area contributed by atoms with Crippen molar-refractivity contribution in [2.24, 2.45) is 0 Å². The minimum Gasteiger partial charge on any atom is -0.489 e. The Bertz CT molecular complexity index is 458. The number of hydrogen-bond acceptors (Lipinski definition) is 3. The van der Waals surface area contributed by atoms with Crippen molar-refractivity contribution in [3.05, 3.63) is 28.2 Å². The number of rotatable bonds is 7. The van der Waals surface area contributed by atoms with Crippen molar-refractivity contribution in [3.8, 4) is 5.75 Å². The maximum absolute atomic E-state index is 12.1. The average Bonchev–Trinajstić information content (AvgIpc) is 2.35. The molecule has 0 aliphatic rings. The van der Waals surface area contributed by atoms with Crippen LogP contribution < -0.4 is 10.1 Å². The molecule has 0 fully saturated rings. The number of halogens is 5. The monoisotopic (exact) mass is 345 g/mol. The molecule has 1 aromatic rings. The largest absolute Gasteiger partial charge is 0.489 e. The van der Waals surface area contributed by atoms with Crippen LogP contribution in [-0.2, 0) is 0 Å². The van der Waals surface area contributed by atoms with Crippen molar-refractivity contribution in [2.45, 2.75) is 31.7 Å². The van der Waals surface area contributed by atoms with Gasteiger partial charge in [-0.2, -0.15) is 13.2 Å². The lowest BCUT2D eigenvalue weighted by molar-refractivity contribution is -0.139. The van der Waals surface area contributed by atoms with Gasteiger partial charge in [-0.05, 0) is 19.1 Å². The van der Waals surface area contributed by atoms with Crippen molar-refractivity contribution >= 4 is 23.2 Å². The van der Waals surface area contributed by atoms with Crippen LogP contribution in [0, 0.1) is 0 Å². The Morgan fingerprint density at radius 3 is 2.62 bits per heavy atom. The van der Waals surface area contributed by atoms with Gasteiger partial charge >= 0.3 is 6.18 Å². The summed E-state index contributed by atoms with van der Waals surface area (Å²) in [6, 6.07) is 3.86.